The Morgan fingerprint density at radius 1 is 0.963 bits per heavy atom. The van der Waals surface area contributed by atoms with Gasteiger partial charge in [0.2, 0.25) is 11.8 Å². The number of nitrogens with zero attached hydrogens (tertiary/aromatic N) is 1. The molecule has 150 valence electrons. The summed E-state index contributed by atoms with van der Waals surface area (Å²) in [7, 11) is 0. The van der Waals surface area contributed by atoms with Gasteiger partial charge in [-0.3, -0.25) is 14.4 Å². The van der Waals surface area contributed by atoms with Gasteiger partial charge in [0, 0.05) is 17.6 Å². The molecule has 0 radical (unpaired) electrons. The highest BCUT2D eigenvalue weighted by molar-refractivity contribution is 5.96. The Morgan fingerprint density at radius 2 is 1.52 bits per heavy atom. The first kappa shape index (κ1) is 22.7. The van der Waals surface area contributed by atoms with Crippen LogP contribution in [0.25, 0.3) is 0 Å². The summed E-state index contributed by atoms with van der Waals surface area (Å²) in [6.45, 7) is 14.0. The highest BCUT2D eigenvalue weighted by atomic mass is 16.2. The molecule has 0 unspecified atom stereocenters. The molecule has 0 saturated carbocycles. The van der Waals surface area contributed by atoms with E-state index in [1.807, 2.05) is 32.9 Å². The number of carbonyl (C=O) groups is 3. The minimum Gasteiger partial charge on any atom is -0.350 e. The average Bonchev–Trinajstić information content (AvgIpc) is 2.55. The summed E-state index contributed by atoms with van der Waals surface area (Å²) in [5.74, 6) is -0.818. The van der Waals surface area contributed by atoms with Gasteiger partial charge in [-0.05, 0) is 50.8 Å². The molecule has 0 fully saturated rings. The van der Waals surface area contributed by atoms with Crippen LogP contribution in [-0.4, -0.2) is 47.8 Å². The first-order valence-electron chi connectivity index (χ1n) is 9.31. The fourth-order valence-corrected chi connectivity index (χ4v) is 2.50. The van der Waals surface area contributed by atoms with Crippen LogP contribution in [0.4, 0.5) is 0 Å². The van der Waals surface area contributed by atoms with Crippen LogP contribution in [0, 0.1) is 0 Å². The molecule has 0 aliphatic rings. The molecule has 0 atom stereocenters. The van der Waals surface area contributed by atoms with Crippen molar-refractivity contribution < 1.29 is 14.4 Å². The van der Waals surface area contributed by atoms with E-state index < -0.39 is 0 Å². The number of benzene rings is 1. The second kappa shape index (κ2) is 9.02. The maximum Gasteiger partial charge on any atom is 0.251 e. The van der Waals surface area contributed by atoms with E-state index in [4.69, 9.17) is 0 Å². The van der Waals surface area contributed by atoms with Crippen LogP contribution >= 0.6 is 0 Å². The molecule has 0 aliphatic carbocycles. The van der Waals surface area contributed by atoms with Crippen molar-refractivity contribution in [3.63, 3.8) is 0 Å². The molecule has 0 aromatic heterocycles. The van der Waals surface area contributed by atoms with Gasteiger partial charge in [0.1, 0.15) is 0 Å². The summed E-state index contributed by atoms with van der Waals surface area (Å²) in [4.78, 5) is 38.0. The van der Waals surface area contributed by atoms with Crippen molar-refractivity contribution in [1.29, 1.82) is 0 Å². The van der Waals surface area contributed by atoms with E-state index in [0.717, 1.165) is 5.56 Å². The molecule has 1 rings (SSSR count). The van der Waals surface area contributed by atoms with Gasteiger partial charge in [0.25, 0.3) is 5.91 Å². The zero-order valence-electron chi connectivity index (χ0n) is 17.6. The number of carbonyl (C=O) groups excluding carboxylic acids is 3. The van der Waals surface area contributed by atoms with Crippen molar-refractivity contribution in [2.45, 2.75) is 59.4 Å². The molecule has 0 saturated heterocycles. The monoisotopic (exact) mass is 375 g/mol. The van der Waals surface area contributed by atoms with Crippen molar-refractivity contribution >= 4 is 17.7 Å². The Morgan fingerprint density at radius 3 is 1.96 bits per heavy atom. The van der Waals surface area contributed by atoms with Crippen molar-refractivity contribution in [3.8, 4) is 0 Å². The molecule has 6 heteroatoms. The molecular formula is C21H33N3O3. The second-order valence-electron chi connectivity index (χ2n) is 8.72. The number of rotatable bonds is 6. The Balaban J connectivity index is 2.61. The third-order valence-electron chi connectivity index (χ3n) is 4.00. The Hall–Kier alpha value is -2.37. The van der Waals surface area contributed by atoms with Crippen LogP contribution in [-0.2, 0) is 15.0 Å². The van der Waals surface area contributed by atoms with Crippen molar-refractivity contribution in [2.75, 3.05) is 19.6 Å². The zero-order valence-corrected chi connectivity index (χ0v) is 17.6. The lowest BCUT2D eigenvalue weighted by Crippen LogP contribution is -2.49. The number of hydrogen-bond acceptors (Lipinski definition) is 3. The maximum atomic E-state index is 12.3. The van der Waals surface area contributed by atoms with Gasteiger partial charge in [-0.25, -0.2) is 0 Å². The van der Waals surface area contributed by atoms with Crippen LogP contribution in [0.3, 0.4) is 0 Å². The summed E-state index contributed by atoms with van der Waals surface area (Å²) < 4.78 is 0. The SMILES string of the molecule is CCN(CC(=O)NC(C)(C)C)C(=O)CNC(=O)c1ccc(C(C)(C)C)cc1. The quantitative estimate of drug-likeness (QED) is 0.802. The smallest absolute Gasteiger partial charge is 0.251 e. The van der Waals surface area contributed by atoms with E-state index in [1.54, 1.807) is 19.1 Å². The lowest BCUT2D eigenvalue weighted by atomic mass is 9.87. The summed E-state index contributed by atoms with van der Waals surface area (Å²) in [5.41, 5.74) is 1.30. The highest BCUT2D eigenvalue weighted by Gasteiger charge is 2.20. The third kappa shape index (κ3) is 7.81. The van der Waals surface area contributed by atoms with Gasteiger partial charge in [0.05, 0.1) is 13.1 Å². The van der Waals surface area contributed by atoms with Crippen molar-refractivity contribution in [1.82, 2.24) is 15.5 Å². The van der Waals surface area contributed by atoms with Gasteiger partial charge in [-0.15, -0.1) is 0 Å². The minimum atomic E-state index is -0.354. The van der Waals surface area contributed by atoms with E-state index in [2.05, 4.69) is 31.4 Å². The molecular weight excluding hydrogens is 342 g/mol. The zero-order chi connectivity index (χ0) is 20.8. The fourth-order valence-electron chi connectivity index (χ4n) is 2.50. The van der Waals surface area contributed by atoms with Gasteiger partial charge < -0.3 is 15.5 Å². The molecule has 0 heterocycles. The lowest BCUT2D eigenvalue weighted by Gasteiger charge is -2.25. The van der Waals surface area contributed by atoms with Crippen LogP contribution in [0.5, 0.6) is 0 Å². The molecule has 2 N–H and O–H groups in total. The standard InChI is InChI=1S/C21H33N3O3/c1-8-24(14-17(25)23-21(5,6)7)18(26)13-22-19(27)15-9-11-16(12-10-15)20(2,3)4/h9-12H,8,13-14H2,1-7H3,(H,22,27)(H,23,25). The Bertz CT molecular complexity index is 667. The molecule has 0 spiro atoms. The van der Waals surface area contributed by atoms with E-state index >= 15 is 0 Å². The summed E-state index contributed by atoms with van der Waals surface area (Å²) in [5, 5.41) is 5.46. The molecule has 0 bridgehead atoms. The number of nitrogens with one attached hydrogen (secondary N) is 2. The molecule has 6 nitrogen and oxygen atoms in total. The number of hydrogen-bond donors (Lipinski definition) is 2. The first-order valence-corrected chi connectivity index (χ1v) is 9.31. The molecule has 0 aliphatic heterocycles. The number of amides is 3. The summed E-state index contributed by atoms with van der Waals surface area (Å²) >= 11 is 0. The van der Waals surface area contributed by atoms with Gasteiger partial charge >= 0.3 is 0 Å². The third-order valence-corrected chi connectivity index (χ3v) is 4.00. The fraction of sp³-hybridized carbons (Fsp3) is 0.571. The molecule has 27 heavy (non-hydrogen) atoms. The lowest BCUT2D eigenvalue weighted by molar-refractivity contribution is -0.135. The summed E-state index contributed by atoms with van der Waals surface area (Å²) in [6, 6.07) is 7.36. The van der Waals surface area contributed by atoms with Crippen LogP contribution in [0.15, 0.2) is 24.3 Å². The van der Waals surface area contributed by atoms with Gasteiger partial charge in [-0.2, -0.15) is 0 Å². The largest absolute Gasteiger partial charge is 0.350 e. The summed E-state index contributed by atoms with van der Waals surface area (Å²) in [6.07, 6.45) is 0. The number of likely N-dealkylation sites (N-methyl/N-ethyl adjacent to an activating group) is 1. The maximum absolute atomic E-state index is 12.3. The normalized spacial score (nSPS) is 11.7. The van der Waals surface area contributed by atoms with Gasteiger partial charge in [-0.1, -0.05) is 32.9 Å². The molecule has 1 aromatic carbocycles. The van der Waals surface area contributed by atoms with E-state index in [9.17, 15) is 14.4 Å². The van der Waals surface area contributed by atoms with E-state index in [-0.39, 0.29) is 41.8 Å². The minimum absolute atomic E-state index is 0.0141. The van der Waals surface area contributed by atoms with Crippen LogP contribution in [0.1, 0.15) is 64.4 Å². The van der Waals surface area contributed by atoms with E-state index in [1.165, 1.54) is 4.90 Å². The topological polar surface area (TPSA) is 78.5 Å². The van der Waals surface area contributed by atoms with Crippen LogP contribution < -0.4 is 10.6 Å². The Labute approximate surface area is 162 Å². The average molecular weight is 376 g/mol. The van der Waals surface area contributed by atoms with Gasteiger partial charge in [0.15, 0.2) is 0 Å². The predicted molar refractivity (Wildman–Crippen MR) is 108 cm³/mol. The predicted octanol–water partition coefficient (Wildman–Crippen LogP) is 2.48. The first-order chi connectivity index (χ1) is 12.3. The molecule has 3 amide bonds. The van der Waals surface area contributed by atoms with Crippen molar-refractivity contribution in [2.24, 2.45) is 0 Å². The Kier molecular flexibility index (Phi) is 7.57. The molecule has 1 aromatic rings. The van der Waals surface area contributed by atoms with Crippen molar-refractivity contribution in [3.05, 3.63) is 35.4 Å². The second-order valence-corrected chi connectivity index (χ2v) is 8.72. The highest BCUT2D eigenvalue weighted by Crippen LogP contribution is 2.22. The van der Waals surface area contributed by atoms with E-state index in [0.29, 0.717) is 12.1 Å². The van der Waals surface area contributed by atoms with Crippen LogP contribution in [0.2, 0.25) is 0 Å².